The van der Waals surface area contributed by atoms with Crippen molar-refractivity contribution in [1.82, 2.24) is 0 Å². The smallest absolute Gasteiger partial charge is 0.306 e. The van der Waals surface area contributed by atoms with Crippen LogP contribution in [-0.2, 0) is 9.53 Å². The highest BCUT2D eigenvalue weighted by Crippen LogP contribution is 2.19. The molecule has 0 saturated carbocycles. The Morgan fingerprint density at radius 1 is 1.00 bits per heavy atom. The Kier molecular flexibility index (Phi) is 10.9. The zero-order chi connectivity index (χ0) is 16.8. The lowest BCUT2D eigenvalue weighted by molar-refractivity contribution is -0.147. The summed E-state index contributed by atoms with van der Waals surface area (Å²) in [5.41, 5.74) is 0.975. The second-order valence-corrected chi connectivity index (χ2v) is 6.14. The highest BCUT2D eigenvalue weighted by atomic mass is 16.5. The van der Waals surface area contributed by atoms with Crippen LogP contribution in [0.15, 0.2) is 43.0 Å². The molecule has 0 unspecified atom stereocenters. The Bertz CT molecular complexity index is 425. The van der Waals surface area contributed by atoms with E-state index in [9.17, 15) is 4.79 Å². The number of hydrogen-bond donors (Lipinski definition) is 0. The Balaban J connectivity index is 2.09. The van der Waals surface area contributed by atoms with Gasteiger partial charge in [0.05, 0.1) is 0 Å². The van der Waals surface area contributed by atoms with E-state index in [1.54, 1.807) is 6.08 Å². The molecule has 2 nitrogen and oxygen atoms in total. The van der Waals surface area contributed by atoms with E-state index < -0.39 is 0 Å². The summed E-state index contributed by atoms with van der Waals surface area (Å²) in [4.78, 5) is 11.9. The lowest BCUT2D eigenvalue weighted by atomic mass is 10.1. The molecule has 0 fully saturated rings. The molecule has 23 heavy (non-hydrogen) atoms. The minimum Gasteiger partial charge on any atom is -0.453 e. The van der Waals surface area contributed by atoms with E-state index >= 15 is 0 Å². The monoisotopic (exact) mass is 316 g/mol. The molecule has 128 valence electrons. The summed E-state index contributed by atoms with van der Waals surface area (Å²) in [6.45, 7) is 6.01. The second-order valence-electron chi connectivity index (χ2n) is 6.14. The first kappa shape index (κ1) is 19.5. The number of benzene rings is 1. The minimum atomic E-state index is -0.331. The first-order chi connectivity index (χ1) is 11.3. The molecule has 0 saturated heterocycles. The predicted octanol–water partition coefficient (Wildman–Crippen LogP) is 6.38. The number of unbranched alkanes of at least 4 members (excludes halogenated alkanes) is 8. The lowest BCUT2D eigenvalue weighted by Crippen LogP contribution is -2.09. The molecule has 0 spiro atoms. The fraction of sp³-hybridized carbons (Fsp3) is 0.571. The number of rotatable bonds is 13. The molecule has 0 bridgehead atoms. The Morgan fingerprint density at radius 3 is 2.13 bits per heavy atom. The van der Waals surface area contributed by atoms with E-state index in [2.05, 4.69) is 13.5 Å². The van der Waals surface area contributed by atoms with Crippen molar-refractivity contribution in [2.75, 3.05) is 0 Å². The topological polar surface area (TPSA) is 26.3 Å². The average Bonchev–Trinajstić information content (AvgIpc) is 2.59. The normalized spacial score (nSPS) is 11.9. The molecule has 2 heteroatoms. The van der Waals surface area contributed by atoms with Crippen LogP contribution in [0.25, 0.3) is 0 Å². The van der Waals surface area contributed by atoms with Gasteiger partial charge in [0.2, 0.25) is 0 Å². The van der Waals surface area contributed by atoms with Gasteiger partial charge in [-0.1, -0.05) is 95.2 Å². The molecule has 0 amide bonds. The van der Waals surface area contributed by atoms with E-state index in [0.717, 1.165) is 18.4 Å². The first-order valence-corrected chi connectivity index (χ1v) is 9.15. The van der Waals surface area contributed by atoms with Crippen LogP contribution in [0.2, 0.25) is 0 Å². The van der Waals surface area contributed by atoms with Gasteiger partial charge in [0.1, 0.15) is 6.10 Å². The van der Waals surface area contributed by atoms with Gasteiger partial charge in [-0.25, -0.2) is 0 Å². The van der Waals surface area contributed by atoms with Gasteiger partial charge in [-0.05, 0) is 18.1 Å². The number of ether oxygens (including phenoxy) is 1. The molecule has 0 aromatic heterocycles. The fourth-order valence-electron chi connectivity index (χ4n) is 2.68. The standard InChI is InChI=1S/C21H32O2/c1-3-5-6-7-8-9-10-11-15-18-21(22)23-20(4-2)19-16-13-12-14-17-19/h4,12-14,16-17,20H,2-3,5-11,15,18H2,1H3/t20-/m1/s1. The molecule has 0 N–H and O–H groups in total. The van der Waals surface area contributed by atoms with Gasteiger partial charge in [-0.3, -0.25) is 4.79 Å². The number of carbonyl (C=O) groups excluding carboxylic acids is 1. The van der Waals surface area contributed by atoms with Crippen molar-refractivity contribution in [2.24, 2.45) is 0 Å². The summed E-state index contributed by atoms with van der Waals surface area (Å²) in [6, 6.07) is 9.75. The van der Waals surface area contributed by atoms with Crippen LogP contribution >= 0.6 is 0 Å². The quantitative estimate of drug-likeness (QED) is 0.240. The Hall–Kier alpha value is -1.57. The molecule has 0 radical (unpaired) electrons. The predicted molar refractivity (Wildman–Crippen MR) is 97.3 cm³/mol. The van der Waals surface area contributed by atoms with E-state index in [1.807, 2.05) is 30.3 Å². The molecular weight excluding hydrogens is 284 g/mol. The number of hydrogen-bond acceptors (Lipinski definition) is 2. The van der Waals surface area contributed by atoms with E-state index in [-0.39, 0.29) is 12.1 Å². The largest absolute Gasteiger partial charge is 0.453 e. The molecule has 0 aliphatic carbocycles. The van der Waals surface area contributed by atoms with Crippen LogP contribution < -0.4 is 0 Å². The molecule has 1 atom stereocenters. The van der Waals surface area contributed by atoms with Gasteiger partial charge < -0.3 is 4.74 Å². The van der Waals surface area contributed by atoms with Crippen molar-refractivity contribution in [3.8, 4) is 0 Å². The third-order valence-corrected chi connectivity index (χ3v) is 4.09. The van der Waals surface area contributed by atoms with Crippen molar-refractivity contribution in [1.29, 1.82) is 0 Å². The third-order valence-electron chi connectivity index (χ3n) is 4.09. The SMILES string of the molecule is C=C[C@@H](OC(=O)CCCCCCCCCCC)c1ccccc1. The Labute approximate surface area is 141 Å². The van der Waals surface area contributed by atoms with E-state index in [0.29, 0.717) is 6.42 Å². The highest BCUT2D eigenvalue weighted by molar-refractivity contribution is 5.69. The van der Waals surface area contributed by atoms with Crippen molar-refractivity contribution < 1.29 is 9.53 Å². The summed E-state index contributed by atoms with van der Waals surface area (Å²) in [5.74, 6) is -0.123. The van der Waals surface area contributed by atoms with Gasteiger partial charge in [0.25, 0.3) is 0 Å². The zero-order valence-corrected chi connectivity index (χ0v) is 14.6. The highest BCUT2D eigenvalue weighted by Gasteiger charge is 2.12. The first-order valence-electron chi connectivity index (χ1n) is 9.15. The molecule has 0 heterocycles. The Morgan fingerprint density at radius 2 is 1.57 bits per heavy atom. The van der Waals surface area contributed by atoms with Gasteiger partial charge in [0.15, 0.2) is 0 Å². The fourth-order valence-corrected chi connectivity index (χ4v) is 2.68. The van der Waals surface area contributed by atoms with Crippen LogP contribution in [0.1, 0.15) is 82.8 Å². The van der Waals surface area contributed by atoms with Gasteiger partial charge in [-0.15, -0.1) is 0 Å². The van der Waals surface area contributed by atoms with Crippen LogP contribution in [-0.4, -0.2) is 5.97 Å². The molecule has 0 aliphatic rings. The second kappa shape index (κ2) is 12.9. The summed E-state index contributed by atoms with van der Waals surface area (Å²) in [5, 5.41) is 0. The maximum atomic E-state index is 11.9. The van der Waals surface area contributed by atoms with Crippen LogP contribution in [0.3, 0.4) is 0 Å². The van der Waals surface area contributed by atoms with Crippen molar-refractivity contribution in [3.05, 3.63) is 48.6 Å². The number of esters is 1. The minimum absolute atomic E-state index is 0.123. The average molecular weight is 316 g/mol. The van der Waals surface area contributed by atoms with Crippen molar-refractivity contribution in [2.45, 2.75) is 77.2 Å². The van der Waals surface area contributed by atoms with Gasteiger partial charge in [-0.2, -0.15) is 0 Å². The lowest BCUT2D eigenvalue weighted by Gasteiger charge is -2.14. The number of carbonyl (C=O) groups is 1. The maximum absolute atomic E-state index is 11.9. The summed E-state index contributed by atoms with van der Waals surface area (Å²) in [6.07, 6.45) is 13.1. The molecule has 1 aromatic rings. The van der Waals surface area contributed by atoms with Crippen LogP contribution in [0, 0.1) is 0 Å². The van der Waals surface area contributed by atoms with Gasteiger partial charge in [0, 0.05) is 6.42 Å². The third kappa shape index (κ3) is 9.22. The molecule has 1 rings (SSSR count). The molecular formula is C21H32O2. The zero-order valence-electron chi connectivity index (χ0n) is 14.6. The summed E-state index contributed by atoms with van der Waals surface area (Å²) in [7, 11) is 0. The maximum Gasteiger partial charge on any atom is 0.306 e. The summed E-state index contributed by atoms with van der Waals surface area (Å²) >= 11 is 0. The van der Waals surface area contributed by atoms with E-state index in [1.165, 1.54) is 44.9 Å². The van der Waals surface area contributed by atoms with Crippen LogP contribution in [0.4, 0.5) is 0 Å². The van der Waals surface area contributed by atoms with Crippen molar-refractivity contribution in [3.63, 3.8) is 0 Å². The van der Waals surface area contributed by atoms with Gasteiger partial charge >= 0.3 is 5.97 Å². The van der Waals surface area contributed by atoms with Crippen LogP contribution in [0.5, 0.6) is 0 Å². The summed E-state index contributed by atoms with van der Waals surface area (Å²) < 4.78 is 5.50. The molecule has 1 aromatic carbocycles. The van der Waals surface area contributed by atoms with E-state index in [4.69, 9.17) is 4.74 Å². The molecule has 0 aliphatic heterocycles. The van der Waals surface area contributed by atoms with Crippen molar-refractivity contribution >= 4 is 5.97 Å².